The molecule has 1 aromatic carbocycles. The van der Waals surface area contributed by atoms with Crippen LogP contribution in [0.3, 0.4) is 0 Å². The van der Waals surface area contributed by atoms with Gasteiger partial charge in [0.2, 0.25) is 10.0 Å². The van der Waals surface area contributed by atoms with Gasteiger partial charge in [-0.1, -0.05) is 12.2 Å². The van der Waals surface area contributed by atoms with Crippen molar-refractivity contribution in [2.24, 2.45) is 7.05 Å². The molecule has 1 aliphatic rings. The van der Waals surface area contributed by atoms with Gasteiger partial charge in [-0.3, -0.25) is 4.79 Å². The van der Waals surface area contributed by atoms with Crippen LogP contribution in [0.5, 0.6) is 0 Å². The Hall–Kier alpha value is -3.00. The SMILES string of the molecule is CC(O)C1C=Cc2c(cn(C)c2C(=O)Nc2ccc(F)c(C#N)c2)S(=O)(=O)N1. The van der Waals surface area contributed by atoms with Crippen LogP contribution in [0.4, 0.5) is 10.1 Å². The van der Waals surface area contributed by atoms with Crippen molar-refractivity contribution in [2.75, 3.05) is 5.32 Å². The Bertz CT molecular complexity index is 1130. The van der Waals surface area contributed by atoms with Crippen molar-refractivity contribution >= 4 is 27.7 Å². The zero-order chi connectivity index (χ0) is 20.6. The number of anilines is 1. The van der Waals surface area contributed by atoms with Gasteiger partial charge >= 0.3 is 0 Å². The molecular weight excluding hydrogens is 387 g/mol. The lowest BCUT2D eigenvalue weighted by Gasteiger charge is -2.15. The van der Waals surface area contributed by atoms with Gasteiger partial charge in [0.25, 0.3) is 5.91 Å². The number of nitrogens with zero attached hydrogens (tertiary/aromatic N) is 2. The maximum Gasteiger partial charge on any atom is 0.272 e. The molecule has 0 saturated carbocycles. The van der Waals surface area contributed by atoms with E-state index in [4.69, 9.17) is 5.26 Å². The van der Waals surface area contributed by atoms with Crippen molar-refractivity contribution in [3.05, 3.63) is 53.1 Å². The lowest BCUT2D eigenvalue weighted by atomic mass is 10.1. The third-order valence-electron chi connectivity index (χ3n) is 4.31. The van der Waals surface area contributed by atoms with E-state index in [-0.39, 0.29) is 27.4 Å². The summed E-state index contributed by atoms with van der Waals surface area (Å²) in [5, 5.41) is 21.2. The minimum Gasteiger partial charge on any atom is -0.391 e. The van der Waals surface area contributed by atoms with Gasteiger partial charge in [-0.05, 0) is 25.1 Å². The minimum absolute atomic E-state index is 0.0608. The van der Waals surface area contributed by atoms with E-state index in [2.05, 4.69) is 10.0 Å². The van der Waals surface area contributed by atoms with E-state index in [1.165, 1.54) is 49.0 Å². The molecule has 28 heavy (non-hydrogen) atoms. The van der Waals surface area contributed by atoms with E-state index in [1.807, 2.05) is 0 Å². The normalized spacial score (nSPS) is 18.6. The number of fused-ring (bicyclic) bond motifs is 1. The standard InChI is InChI=1S/C18H17FN4O4S/c1-10(24)15-6-4-13-16(28(26,27)22-15)9-23(2)17(13)18(25)21-12-3-5-14(19)11(7-12)8-20/h3-7,9-10,15,22,24H,1-2H3,(H,21,25). The second kappa shape index (κ2) is 7.20. The molecule has 1 aromatic heterocycles. The maximum absolute atomic E-state index is 13.5. The van der Waals surface area contributed by atoms with E-state index in [0.29, 0.717) is 0 Å². The number of aromatic nitrogens is 1. The second-order valence-corrected chi connectivity index (χ2v) is 8.06. The van der Waals surface area contributed by atoms with Gasteiger partial charge in [0, 0.05) is 24.5 Å². The smallest absolute Gasteiger partial charge is 0.272 e. The zero-order valence-corrected chi connectivity index (χ0v) is 15.8. The number of hydrogen-bond donors (Lipinski definition) is 3. The molecule has 3 rings (SSSR count). The first-order valence-electron chi connectivity index (χ1n) is 8.23. The highest BCUT2D eigenvalue weighted by molar-refractivity contribution is 7.89. The molecule has 2 unspecified atom stereocenters. The fourth-order valence-electron chi connectivity index (χ4n) is 2.89. The number of nitrogens with one attached hydrogen (secondary N) is 2. The predicted octanol–water partition coefficient (Wildman–Crippen LogP) is 1.34. The molecule has 0 radical (unpaired) electrons. The second-order valence-electron chi connectivity index (χ2n) is 6.37. The van der Waals surface area contributed by atoms with Crippen molar-refractivity contribution < 1.29 is 22.7 Å². The molecule has 2 heterocycles. The largest absolute Gasteiger partial charge is 0.391 e. The van der Waals surface area contributed by atoms with E-state index in [9.17, 15) is 22.7 Å². The first-order chi connectivity index (χ1) is 13.1. The van der Waals surface area contributed by atoms with Gasteiger partial charge in [0.05, 0.1) is 17.7 Å². The van der Waals surface area contributed by atoms with E-state index >= 15 is 0 Å². The number of sulfonamides is 1. The van der Waals surface area contributed by atoms with Crippen molar-refractivity contribution in [2.45, 2.75) is 24.0 Å². The zero-order valence-electron chi connectivity index (χ0n) is 15.0. The number of carbonyl (C=O) groups excluding carboxylic acids is 1. The van der Waals surface area contributed by atoms with E-state index in [0.717, 1.165) is 6.07 Å². The van der Waals surface area contributed by atoms with Crippen LogP contribution in [0.2, 0.25) is 0 Å². The summed E-state index contributed by atoms with van der Waals surface area (Å²) in [5.41, 5.74) is 0.192. The number of aliphatic hydroxyl groups excluding tert-OH is 1. The highest BCUT2D eigenvalue weighted by Crippen LogP contribution is 2.27. The number of nitriles is 1. The Morgan fingerprint density at radius 2 is 2.18 bits per heavy atom. The molecule has 0 spiro atoms. The highest BCUT2D eigenvalue weighted by atomic mass is 32.2. The summed E-state index contributed by atoms with van der Waals surface area (Å²) in [7, 11) is -2.44. The summed E-state index contributed by atoms with van der Waals surface area (Å²) >= 11 is 0. The highest BCUT2D eigenvalue weighted by Gasteiger charge is 2.31. The van der Waals surface area contributed by atoms with Crippen LogP contribution >= 0.6 is 0 Å². The molecule has 1 amide bonds. The molecule has 1 aliphatic heterocycles. The third kappa shape index (κ3) is 3.55. The predicted molar refractivity (Wildman–Crippen MR) is 99.3 cm³/mol. The fraction of sp³-hybridized carbons (Fsp3) is 0.222. The molecule has 2 atom stereocenters. The Morgan fingerprint density at radius 3 is 2.82 bits per heavy atom. The van der Waals surface area contributed by atoms with Crippen LogP contribution in [0.1, 0.15) is 28.5 Å². The van der Waals surface area contributed by atoms with E-state index in [1.54, 1.807) is 6.07 Å². The van der Waals surface area contributed by atoms with Crippen LogP contribution in [0.25, 0.3) is 6.08 Å². The lowest BCUT2D eigenvalue weighted by molar-refractivity contribution is 0.101. The molecule has 0 fully saturated rings. The molecule has 2 aromatic rings. The summed E-state index contributed by atoms with van der Waals surface area (Å²) in [6, 6.07) is 4.39. The van der Waals surface area contributed by atoms with Crippen molar-refractivity contribution in [1.29, 1.82) is 5.26 Å². The number of amides is 1. The summed E-state index contributed by atoms with van der Waals surface area (Å²) < 4.78 is 42.4. The van der Waals surface area contributed by atoms with Gasteiger partial charge in [0.1, 0.15) is 22.5 Å². The van der Waals surface area contributed by atoms with E-state index < -0.39 is 33.9 Å². The van der Waals surface area contributed by atoms with Gasteiger partial charge in [-0.25, -0.2) is 17.5 Å². The number of carbonyl (C=O) groups is 1. The summed E-state index contributed by atoms with van der Waals surface area (Å²) in [4.78, 5) is 12.7. The Labute approximate surface area is 161 Å². The third-order valence-corrected chi connectivity index (χ3v) is 5.80. The average molecular weight is 404 g/mol. The van der Waals surface area contributed by atoms with Crippen LogP contribution in [0, 0.1) is 17.1 Å². The minimum atomic E-state index is -3.96. The molecule has 0 aliphatic carbocycles. The molecule has 0 saturated heterocycles. The van der Waals surface area contributed by atoms with Gasteiger partial charge in [-0.15, -0.1) is 0 Å². The summed E-state index contributed by atoms with van der Waals surface area (Å²) in [5.74, 6) is -1.34. The number of rotatable bonds is 3. The van der Waals surface area contributed by atoms with Crippen molar-refractivity contribution in [3.8, 4) is 6.07 Å². The number of benzene rings is 1. The topological polar surface area (TPSA) is 124 Å². The molecule has 0 bridgehead atoms. The number of aliphatic hydroxyl groups is 1. The Balaban J connectivity index is 2.03. The number of halogens is 1. The van der Waals surface area contributed by atoms with Crippen molar-refractivity contribution in [3.63, 3.8) is 0 Å². The van der Waals surface area contributed by atoms with Crippen molar-refractivity contribution in [1.82, 2.24) is 9.29 Å². The van der Waals surface area contributed by atoms with Gasteiger partial charge in [-0.2, -0.15) is 5.26 Å². The number of hydrogen-bond acceptors (Lipinski definition) is 5. The van der Waals surface area contributed by atoms with Gasteiger partial charge in [0.15, 0.2) is 0 Å². The molecule has 8 nitrogen and oxygen atoms in total. The Kier molecular flexibility index (Phi) is 5.08. The van der Waals surface area contributed by atoms with Gasteiger partial charge < -0.3 is 15.0 Å². The Morgan fingerprint density at radius 1 is 1.46 bits per heavy atom. The van der Waals surface area contributed by atoms with Crippen LogP contribution in [0.15, 0.2) is 35.4 Å². The molecule has 3 N–H and O–H groups in total. The fourth-order valence-corrected chi connectivity index (χ4v) is 4.41. The number of aryl methyl sites for hydroxylation is 1. The van der Waals surface area contributed by atoms with Crippen LogP contribution in [-0.4, -0.2) is 36.1 Å². The molecule has 146 valence electrons. The maximum atomic E-state index is 13.5. The van der Waals surface area contributed by atoms with Crippen LogP contribution < -0.4 is 10.0 Å². The molecule has 10 heteroatoms. The van der Waals surface area contributed by atoms with Crippen LogP contribution in [-0.2, 0) is 17.1 Å². The lowest BCUT2D eigenvalue weighted by Crippen LogP contribution is -2.39. The average Bonchev–Trinajstić information content (AvgIpc) is 2.90. The monoisotopic (exact) mass is 404 g/mol. The first-order valence-corrected chi connectivity index (χ1v) is 9.71. The summed E-state index contributed by atoms with van der Waals surface area (Å²) in [6.45, 7) is 1.45. The first kappa shape index (κ1) is 19.8. The molecular formula is C18H17FN4O4S. The summed E-state index contributed by atoms with van der Waals surface area (Å²) in [6.07, 6.45) is 3.26. The quantitative estimate of drug-likeness (QED) is 0.712.